The molecule has 3 heteroatoms. The Labute approximate surface area is 323 Å². The van der Waals surface area contributed by atoms with Crippen LogP contribution in [0.15, 0.2) is 192 Å². The van der Waals surface area contributed by atoms with Gasteiger partial charge in [-0.05, 0) is 100.0 Å². The minimum atomic E-state index is 0.948. The van der Waals surface area contributed by atoms with Crippen LogP contribution in [0.4, 0.5) is 17.1 Å². The average Bonchev–Trinajstić information content (AvgIpc) is 3.83. The molecule has 0 radical (unpaired) electrons. The van der Waals surface area contributed by atoms with Crippen molar-refractivity contribution in [3.8, 4) is 22.3 Å². The van der Waals surface area contributed by atoms with Gasteiger partial charge in [0, 0.05) is 43.4 Å². The van der Waals surface area contributed by atoms with E-state index < -0.39 is 0 Å². The van der Waals surface area contributed by atoms with Crippen LogP contribution >= 0.6 is 11.3 Å². The number of aryl methyl sites for hydroxylation is 1. The van der Waals surface area contributed by atoms with E-state index in [1.165, 1.54) is 58.6 Å². The third kappa shape index (κ3) is 5.39. The van der Waals surface area contributed by atoms with Gasteiger partial charge in [0.1, 0.15) is 11.3 Å². The summed E-state index contributed by atoms with van der Waals surface area (Å²) in [5.41, 5.74) is 12.7. The van der Waals surface area contributed by atoms with Crippen molar-refractivity contribution >= 4 is 75.9 Å². The highest BCUT2D eigenvalue weighted by atomic mass is 32.1. The zero-order valence-electron chi connectivity index (χ0n) is 30.1. The summed E-state index contributed by atoms with van der Waals surface area (Å²) >= 11 is 1.87. The van der Waals surface area contributed by atoms with Gasteiger partial charge in [-0.2, -0.15) is 0 Å². The van der Waals surface area contributed by atoms with Crippen LogP contribution in [0, 0.1) is 0 Å². The first-order chi connectivity index (χ1) is 27.3. The Kier molecular flexibility index (Phi) is 7.53. The van der Waals surface area contributed by atoms with Crippen molar-refractivity contribution in [2.24, 2.45) is 0 Å². The SMILES string of the molecule is C1=C(c2cc(-c3ccccc3)cc(N(c3ccc(-c4cccc5ccccc45)cc3)c3cccc4c3sc3ccccc34)c2)c2oc3ccccc3c2CC1. The third-order valence-electron chi connectivity index (χ3n) is 11.1. The minimum absolute atomic E-state index is 0.948. The van der Waals surface area contributed by atoms with Gasteiger partial charge in [-0.3, -0.25) is 0 Å². The zero-order valence-corrected chi connectivity index (χ0v) is 30.9. The molecule has 0 aliphatic heterocycles. The molecule has 2 aromatic heterocycles. The van der Waals surface area contributed by atoms with Gasteiger partial charge in [-0.1, -0.05) is 140 Å². The smallest absolute Gasteiger partial charge is 0.138 e. The first-order valence-corrected chi connectivity index (χ1v) is 19.8. The van der Waals surface area contributed by atoms with Crippen LogP contribution in [0.1, 0.15) is 23.3 Å². The van der Waals surface area contributed by atoms with Crippen LogP contribution in [0.25, 0.3) is 69.7 Å². The Balaban J connectivity index is 1.15. The molecule has 0 saturated carbocycles. The van der Waals surface area contributed by atoms with Crippen molar-refractivity contribution in [1.29, 1.82) is 0 Å². The van der Waals surface area contributed by atoms with Crippen molar-refractivity contribution in [2.75, 3.05) is 4.90 Å². The van der Waals surface area contributed by atoms with Gasteiger partial charge in [0.15, 0.2) is 0 Å². The van der Waals surface area contributed by atoms with E-state index in [0.717, 1.165) is 57.9 Å². The van der Waals surface area contributed by atoms with Crippen LogP contribution < -0.4 is 4.90 Å². The van der Waals surface area contributed by atoms with Crippen molar-refractivity contribution in [3.63, 3.8) is 0 Å². The minimum Gasteiger partial charge on any atom is -0.456 e. The Morgan fingerprint density at radius 1 is 0.491 bits per heavy atom. The molecule has 10 aromatic rings. The number of benzene rings is 8. The number of nitrogens with zero attached hydrogens (tertiary/aromatic N) is 1. The summed E-state index contributed by atoms with van der Waals surface area (Å²) in [5.74, 6) is 0.987. The number of allylic oxidation sites excluding steroid dienone is 1. The number of hydrogen-bond donors (Lipinski definition) is 0. The topological polar surface area (TPSA) is 16.4 Å². The summed E-state index contributed by atoms with van der Waals surface area (Å²) in [7, 11) is 0. The second-order valence-electron chi connectivity index (χ2n) is 14.4. The molecule has 0 spiro atoms. The molecule has 0 fully saturated rings. The molecule has 0 atom stereocenters. The standard InChI is InChI=1S/C52H35NOS/c1-2-13-34(14-3-1)37-31-38(43-21-11-22-46-44-18-6-8-25-49(44)54-51(43)46)33-40(32-37)53(48-24-12-23-47-45-19-7-9-26-50(45)55-52(47)48)39-29-27-36(28-30-39)42-20-10-16-35-15-4-5-17-41(35)42/h1-10,12-21,23-33H,11,22H2. The van der Waals surface area contributed by atoms with Gasteiger partial charge in [0.25, 0.3) is 0 Å². The molecular formula is C52H35NOS. The van der Waals surface area contributed by atoms with E-state index in [9.17, 15) is 0 Å². The first kappa shape index (κ1) is 31.8. The fraction of sp³-hybridized carbons (Fsp3) is 0.0385. The Morgan fingerprint density at radius 3 is 2.09 bits per heavy atom. The zero-order chi connectivity index (χ0) is 36.3. The molecule has 260 valence electrons. The van der Waals surface area contributed by atoms with Crippen LogP contribution in [0.5, 0.6) is 0 Å². The van der Waals surface area contributed by atoms with E-state index in [1.54, 1.807) is 0 Å². The summed E-state index contributed by atoms with van der Waals surface area (Å²) in [6.45, 7) is 0. The van der Waals surface area contributed by atoms with Crippen molar-refractivity contribution in [3.05, 3.63) is 205 Å². The van der Waals surface area contributed by atoms with Crippen LogP contribution in [-0.4, -0.2) is 0 Å². The molecule has 1 aliphatic carbocycles. The van der Waals surface area contributed by atoms with Crippen molar-refractivity contribution < 1.29 is 4.42 Å². The third-order valence-corrected chi connectivity index (χ3v) is 12.3. The normalized spacial score (nSPS) is 12.7. The van der Waals surface area contributed by atoms with Crippen LogP contribution in [0.3, 0.4) is 0 Å². The van der Waals surface area contributed by atoms with Crippen LogP contribution in [0.2, 0.25) is 0 Å². The lowest BCUT2D eigenvalue weighted by molar-refractivity contribution is 0.591. The molecular weight excluding hydrogens is 687 g/mol. The number of thiophene rings is 1. The lowest BCUT2D eigenvalue weighted by Crippen LogP contribution is -2.11. The number of anilines is 3. The molecule has 2 nitrogen and oxygen atoms in total. The van der Waals surface area contributed by atoms with Crippen molar-refractivity contribution in [2.45, 2.75) is 12.8 Å². The number of furan rings is 1. The molecule has 0 bridgehead atoms. The highest BCUT2D eigenvalue weighted by Gasteiger charge is 2.25. The Hall–Kier alpha value is -6.68. The summed E-state index contributed by atoms with van der Waals surface area (Å²) in [5, 5.41) is 6.29. The maximum absolute atomic E-state index is 6.67. The van der Waals surface area contributed by atoms with E-state index in [-0.39, 0.29) is 0 Å². The van der Waals surface area contributed by atoms with Gasteiger partial charge >= 0.3 is 0 Å². The lowest BCUT2D eigenvalue weighted by Gasteiger charge is -2.28. The van der Waals surface area contributed by atoms with E-state index in [1.807, 2.05) is 11.3 Å². The molecule has 0 unspecified atom stereocenters. The molecule has 2 heterocycles. The average molecular weight is 722 g/mol. The monoisotopic (exact) mass is 721 g/mol. The summed E-state index contributed by atoms with van der Waals surface area (Å²) in [4.78, 5) is 2.46. The van der Waals surface area contributed by atoms with Gasteiger partial charge < -0.3 is 9.32 Å². The molecule has 0 saturated heterocycles. The van der Waals surface area contributed by atoms with Gasteiger partial charge in [-0.15, -0.1) is 11.3 Å². The fourth-order valence-corrected chi connectivity index (χ4v) is 9.77. The molecule has 1 aliphatic rings. The summed E-state index contributed by atoms with van der Waals surface area (Å²) in [6.07, 6.45) is 4.32. The second-order valence-corrected chi connectivity index (χ2v) is 15.4. The Bertz CT molecular complexity index is 3090. The van der Waals surface area contributed by atoms with Gasteiger partial charge in [0.2, 0.25) is 0 Å². The van der Waals surface area contributed by atoms with Crippen LogP contribution in [-0.2, 0) is 6.42 Å². The maximum Gasteiger partial charge on any atom is 0.138 e. The quantitative estimate of drug-likeness (QED) is 0.170. The largest absolute Gasteiger partial charge is 0.456 e. The Morgan fingerprint density at radius 2 is 1.20 bits per heavy atom. The van der Waals surface area contributed by atoms with E-state index in [2.05, 4.69) is 193 Å². The summed E-state index contributed by atoms with van der Waals surface area (Å²) < 4.78 is 9.23. The highest BCUT2D eigenvalue weighted by Crippen LogP contribution is 2.47. The predicted molar refractivity (Wildman–Crippen MR) is 234 cm³/mol. The second kappa shape index (κ2) is 13.0. The number of rotatable bonds is 6. The van der Waals surface area contributed by atoms with E-state index in [4.69, 9.17) is 4.42 Å². The first-order valence-electron chi connectivity index (χ1n) is 19.0. The van der Waals surface area contributed by atoms with Gasteiger partial charge in [0.05, 0.1) is 10.4 Å². The highest BCUT2D eigenvalue weighted by molar-refractivity contribution is 7.26. The van der Waals surface area contributed by atoms with Gasteiger partial charge in [-0.25, -0.2) is 0 Å². The predicted octanol–water partition coefficient (Wildman–Crippen LogP) is 15.1. The van der Waals surface area contributed by atoms with E-state index in [0.29, 0.717) is 0 Å². The molecule has 55 heavy (non-hydrogen) atoms. The number of para-hydroxylation sites is 1. The summed E-state index contributed by atoms with van der Waals surface area (Å²) in [6, 6.07) is 66.2. The number of fused-ring (bicyclic) bond motifs is 7. The van der Waals surface area contributed by atoms with E-state index >= 15 is 0 Å². The fourth-order valence-electron chi connectivity index (χ4n) is 8.56. The number of hydrogen-bond acceptors (Lipinski definition) is 3. The van der Waals surface area contributed by atoms with Crippen molar-refractivity contribution in [1.82, 2.24) is 0 Å². The molecule has 0 N–H and O–H groups in total. The molecule has 11 rings (SSSR count). The molecule has 8 aromatic carbocycles. The molecule has 0 amide bonds. The maximum atomic E-state index is 6.67. The lowest BCUT2D eigenvalue weighted by atomic mass is 9.89.